The molecule has 0 aromatic carbocycles. The third-order valence-corrected chi connectivity index (χ3v) is 14.6. The van der Waals surface area contributed by atoms with Gasteiger partial charge in [0.25, 0.3) is 0 Å². The minimum Gasteiger partial charge on any atom is -0.481 e. The highest BCUT2D eigenvalue weighted by atomic mass is 16.4. The molecule has 0 saturated carbocycles. The third-order valence-electron chi connectivity index (χ3n) is 14.6. The van der Waals surface area contributed by atoms with Crippen molar-refractivity contribution >= 4 is 23.9 Å². The van der Waals surface area contributed by atoms with Crippen LogP contribution < -0.4 is 0 Å². The summed E-state index contributed by atoms with van der Waals surface area (Å²) in [6, 6.07) is 0. The van der Waals surface area contributed by atoms with E-state index in [4.69, 9.17) is 20.4 Å². The molecular formula is C72H136O8. The molecule has 0 spiro atoms. The summed E-state index contributed by atoms with van der Waals surface area (Å²) in [4.78, 5) is 41.3. The van der Waals surface area contributed by atoms with Gasteiger partial charge in [0.15, 0.2) is 0 Å². The quantitative estimate of drug-likeness (QED) is 0.0347. The lowest BCUT2D eigenvalue weighted by Gasteiger charge is -1.99. The van der Waals surface area contributed by atoms with Crippen LogP contribution in [-0.2, 0) is 19.2 Å². The predicted octanol–water partition coefficient (Wildman–Crippen LogP) is 24.4. The first-order valence-corrected chi connectivity index (χ1v) is 34.6. The van der Waals surface area contributed by atoms with Crippen LogP contribution in [0.3, 0.4) is 0 Å². The van der Waals surface area contributed by atoms with E-state index < -0.39 is 23.9 Å². The summed E-state index contributed by atoms with van der Waals surface area (Å²) in [5, 5.41) is 34.0. The second kappa shape index (κ2) is 80.1. The Hall–Kier alpha value is -3.16. The summed E-state index contributed by atoms with van der Waals surface area (Å²) < 4.78 is 0. The van der Waals surface area contributed by atoms with Gasteiger partial charge in [0.1, 0.15) is 0 Å². The highest BCUT2D eigenvalue weighted by molar-refractivity contribution is 5.67. The molecule has 0 aliphatic rings. The van der Waals surface area contributed by atoms with Crippen LogP contribution in [0.5, 0.6) is 0 Å². The zero-order chi connectivity index (χ0) is 59.6. The predicted molar refractivity (Wildman–Crippen MR) is 348 cm³/mol. The minimum absolute atomic E-state index is 0.332. The van der Waals surface area contributed by atoms with E-state index in [1.54, 1.807) is 0 Å². The lowest BCUT2D eigenvalue weighted by atomic mass is 10.1. The molecule has 0 heterocycles. The molecule has 0 fully saturated rings. The monoisotopic (exact) mass is 1130 g/mol. The number of hydrogen-bond acceptors (Lipinski definition) is 4. The van der Waals surface area contributed by atoms with Crippen LogP contribution in [0.1, 0.15) is 387 Å². The van der Waals surface area contributed by atoms with E-state index in [0.29, 0.717) is 25.7 Å². The number of unbranched alkanes of at least 4 members (excludes halogenated alkanes) is 44. The normalized spacial score (nSPS) is 11.2. The van der Waals surface area contributed by atoms with Gasteiger partial charge in [-0.2, -0.15) is 0 Å². The molecule has 8 nitrogen and oxygen atoms in total. The molecular weight excluding hydrogens is 993 g/mol. The van der Waals surface area contributed by atoms with Gasteiger partial charge in [0.05, 0.1) is 0 Å². The average Bonchev–Trinajstić information content (AvgIpc) is 3.43. The lowest BCUT2D eigenvalue weighted by Crippen LogP contribution is -1.93. The van der Waals surface area contributed by atoms with Crippen molar-refractivity contribution in [2.24, 2.45) is 0 Å². The topological polar surface area (TPSA) is 149 Å². The standard InChI is InChI=1S/4C18H34O2/c4*1-2-3-4-5-6-7-8-9-10-11-12-13-14-15-16-17-18(19)20/h4*9-10H,2-8,11-17H2,1H3,(H,19,20). The molecule has 0 rings (SSSR count). The van der Waals surface area contributed by atoms with Crippen molar-refractivity contribution in [3.63, 3.8) is 0 Å². The summed E-state index contributed by atoms with van der Waals surface area (Å²) in [6.45, 7) is 9.04. The van der Waals surface area contributed by atoms with Crippen LogP contribution in [0.15, 0.2) is 48.6 Å². The number of carboxylic acid groups (broad SMARTS) is 4. The Morgan fingerprint density at radius 2 is 0.300 bits per heavy atom. The smallest absolute Gasteiger partial charge is 0.303 e. The van der Waals surface area contributed by atoms with E-state index >= 15 is 0 Å². The van der Waals surface area contributed by atoms with Crippen molar-refractivity contribution in [2.75, 3.05) is 0 Å². The third kappa shape index (κ3) is 97.1. The maximum atomic E-state index is 10.3. The summed E-state index contributed by atoms with van der Waals surface area (Å²) in [6.07, 6.45) is 85.0. The minimum atomic E-state index is -0.664. The Balaban J connectivity index is -0.000000481. The molecule has 472 valence electrons. The zero-order valence-electron chi connectivity index (χ0n) is 53.6. The lowest BCUT2D eigenvalue weighted by molar-refractivity contribution is -0.138. The highest BCUT2D eigenvalue weighted by Gasteiger charge is 2.00. The highest BCUT2D eigenvalue weighted by Crippen LogP contribution is 2.15. The first kappa shape index (κ1) is 83.3. The van der Waals surface area contributed by atoms with Gasteiger partial charge < -0.3 is 20.4 Å². The van der Waals surface area contributed by atoms with Crippen LogP contribution in [-0.4, -0.2) is 44.3 Å². The maximum absolute atomic E-state index is 10.3. The van der Waals surface area contributed by atoms with Crippen molar-refractivity contribution < 1.29 is 39.6 Å². The second-order valence-electron chi connectivity index (χ2n) is 22.9. The number of aliphatic carboxylic acids is 4. The van der Waals surface area contributed by atoms with Gasteiger partial charge in [-0.15, -0.1) is 0 Å². The number of allylic oxidation sites excluding steroid dienone is 8. The summed E-state index contributed by atoms with van der Waals surface area (Å²) in [7, 11) is 0. The van der Waals surface area contributed by atoms with Crippen molar-refractivity contribution in [1.29, 1.82) is 0 Å². The van der Waals surface area contributed by atoms with Gasteiger partial charge in [-0.1, -0.05) is 282 Å². The van der Waals surface area contributed by atoms with Crippen LogP contribution in [0.4, 0.5) is 0 Å². The molecule has 0 amide bonds. The molecule has 0 aliphatic heterocycles. The van der Waals surface area contributed by atoms with Crippen molar-refractivity contribution in [2.45, 2.75) is 387 Å². The molecule has 0 saturated heterocycles. The Morgan fingerprint density at radius 1 is 0.188 bits per heavy atom. The summed E-state index contributed by atoms with van der Waals surface area (Å²) >= 11 is 0. The van der Waals surface area contributed by atoms with Gasteiger partial charge in [-0.05, 0) is 128 Å². The van der Waals surface area contributed by atoms with E-state index in [2.05, 4.69) is 76.3 Å². The zero-order valence-corrected chi connectivity index (χ0v) is 53.6. The van der Waals surface area contributed by atoms with Gasteiger partial charge in [0.2, 0.25) is 0 Å². The molecule has 0 radical (unpaired) electrons. The Kier molecular flexibility index (Phi) is 83.4. The molecule has 0 aromatic rings. The summed E-state index contributed by atoms with van der Waals surface area (Å²) in [5.41, 5.74) is 0. The van der Waals surface area contributed by atoms with E-state index in [0.717, 1.165) is 51.4 Å². The van der Waals surface area contributed by atoms with E-state index in [9.17, 15) is 19.2 Å². The van der Waals surface area contributed by atoms with Crippen LogP contribution in [0, 0.1) is 0 Å². The second-order valence-corrected chi connectivity index (χ2v) is 22.9. The van der Waals surface area contributed by atoms with E-state index in [1.807, 2.05) is 0 Å². The first-order chi connectivity index (χ1) is 39.1. The fourth-order valence-corrected chi connectivity index (χ4v) is 9.39. The van der Waals surface area contributed by atoms with Gasteiger partial charge >= 0.3 is 23.9 Å². The fourth-order valence-electron chi connectivity index (χ4n) is 9.39. The molecule has 8 heteroatoms. The van der Waals surface area contributed by atoms with Gasteiger partial charge in [-0.25, -0.2) is 0 Å². The maximum Gasteiger partial charge on any atom is 0.303 e. The van der Waals surface area contributed by atoms with Crippen LogP contribution >= 0.6 is 0 Å². The molecule has 0 atom stereocenters. The summed E-state index contributed by atoms with van der Waals surface area (Å²) in [5.74, 6) is -2.66. The van der Waals surface area contributed by atoms with Gasteiger partial charge in [-0.3, -0.25) is 19.2 Å². The Bertz CT molecular complexity index is 1130. The van der Waals surface area contributed by atoms with E-state index in [1.165, 1.54) is 283 Å². The molecule has 80 heavy (non-hydrogen) atoms. The van der Waals surface area contributed by atoms with Crippen molar-refractivity contribution in [3.8, 4) is 0 Å². The molecule has 0 bridgehead atoms. The van der Waals surface area contributed by atoms with Crippen LogP contribution in [0.2, 0.25) is 0 Å². The van der Waals surface area contributed by atoms with E-state index in [-0.39, 0.29) is 0 Å². The Labute approximate surface area is 497 Å². The largest absolute Gasteiger partial charge is 0.481 e. The molecule has 0 unspecified atom stereocenters. The number of rotatable bonds is 60. The van der Waals surface area contributed by atoms with Crippen LogP contribution in [0.25, 0.3) is 0 Å². The van der Waals surface area contributed by atoms with Crippen molar-refractivity contribution in [1.82, 2.24) is 0 Å². The number of hydrogen-bond donors (Lipinski definition) is 4. The number of carboxylic acids is 4. The first-order valence-electron chi connectivity index (χ1n) is 34.6. The number of carbonyl (C=O) groups is 4. The van der Waals surface area contributed by atoms with Gasteiger partial charge in [0, 0.05) is 25.7 Å². The molecule has 4 N–H and O–H groups in total. The molecule has 0 aliphatic carbocycles. The van der Waals surface area contributed by atoms with Crippen molar-refractivity contribution in [3.05, 3.63) is 48.6 Å². The Morgan fingerprint density at radius 3 is 0.425 bits per heavy atom. The average molecular weight is 1130 g/mol. The SMILES string of the molecule is CCCCCCCCC=CCCCCCCCC(=O)O.CCCCCCCCC=CCCCCCCCC(=O)O.CCCCCCCCC=CCCCCCCCC(=O)O.CCCCCCCCC=CCCCCCCCC(=O)O. The molecule has 0 aromatic heterocycles. The fraction of sp³-hybridized carbons (Fsp3) is 0.833.